The lowest BCUT2D eigenvalue weighted by Crippen LogP contribution is -1.99. The lowest BCUT2D eigenvalue weighted by Gasteiger charge is -2.13. The summed E-state index contributed by atoms with van der Waals surface area (Å²) in [6.07, 6.45) is 0. The van der Waals surface area contributed by atoms with Crippen molar-refractivity contribution in [3.8, 4) is 0 Å². The second-order valence-electron chi connectivity index (χ2n) is 3.91. The summed E-state index contributed by atoms with van der Waals surface area (Å²) in [7, 11) is 0. The molecule has 0 radical (unpaired) electrons. The van der Waals surface area contributed by atoms with Gasteiger partial charge in [-0.1, -0.05) is 6.07 Å². The minimum Gasteiger partial charge on any atom is -0.397 e. The first-order valence-electron chi connectivity index (χ1n) is 5.25. The maximum Gasteiger partial charge on any atom is 0.128 e. The van der Waals surface area contributed by atoms with E-state index in [-0.39, 0.29) is 5.82 Å². The first-order chi connectivity index (χ1) is 8.49. The Morgan fingerprint density at radius 2 is 1.78 bits per heavy atom. The fourth-order valence-electron chi connectivity index (χ4n) is 1.56. The zero-order valence-electron chi connectivity index (χ0n) is 9.60. The van der Waals surface area contributed by atoms with Gasteiger partial charge >= 0.3 is 0 Å². The summed E-state index contributed by atoms with van der Waals surface area (Å²) in [5, 5.41) is 3.19. The van der Waals surface area contributed by atoms with Gasteiger partial charge in [-0.2, -0.15) is 0 Å². The SMILES string of the molecule is Cc1cc(Nc2c(Br)cccc2Br)c(N)cc1F. The molecule has 0 bridgehead atoms. The molecule has 3 N–H and O–H groups in total. The number of nitrogen functional groups attached to an aromatic ring is 1. The highest BCUT2D eigenvalue weighted by molar-refractivity contribution is 9.11. The van der Waals surface area contributed by atoms with Crippen LogP contribution in [-0.4, -0.2) is 0 Å². The maximum atomic E-state index is 13.3. The number of hydrogen-bond donors (Lipinski definition) is 2. The fraction of sp³-hybridized carbons (Fsp3) is 0.0769. The zero-order valence-corrected chi connectivity index (χ0v) is 12.8. The van der Waals surface area contributed by atoms with Gasteiger partial charge in [0.05, 0.1) is 17.1 Å². The third kappa shape index (κ3) is 2.67. The minimum atomic E-state index is -0.302. The van der Waals surface area contributed by atoms with E-state index in [4.69, 9.17) is 5.73 Å². The number of nitrogens with two attached hydrogens (primary N) is 1. The molecule has 0 heterocycles. The van der Waals surface area contributed by atoms with Gasteiger partial charge in [-0.15, -0.1) is 0 Å². The number of aryl methyl sites for hydroxylation is 1. The molecule has 0 spiro atoms. The molecule has 0 aliphatic carbocycles. The van der Waals surface area contributed by atoms with Crippen LogP contribution in [0.3, 0.4) is 0 Å². The molecule has 18 heavy (non-hydrogen) atoms. The number of halogens is 3. The largest absolute Gasteiger partial charge is 0.397 e. The highest BCUT2D eigenvalue weighted by Crippen LogP contribution is 2.35. The number of anilines is 3. The molecular formula is C13H11Br2FN2. The van der Waals surface area contributed by atoms with Crippen molar-refractivity contribution in [1.29, 1.82) is 0 Å². The van der Waals surface area contributed by atoms with Crippen LogP contribution >= 0.6 is 31.9 Å². The molecule has 0 unspecified atom stereocenters. The van der Waals surface area contributed by atoms with Gasteiger partial charge in [-0.25, -0.2) is 4.39 Å². The Morgan fingerprint density at radius 3 is 2.39 bits per heavy atom. The van der Waals surface area contributed by atoms with E-state index in [0.29, 0.717) is 16.9 Å². The molecule has 94 valence electrons. The summed E-state index contributed by atoms with van der Waals surface area (Å²) in [6.45, 7) is 1.70. The summed E-state index contributed by atoms with van der Waals surface area (Å²) in [5.41, 5.74) is 8.27. The van der Waals surface area contributed by atoms with E-state index in [1.54, 1.807) is 13.0 Å². The Balaban J connectivity index is 2.43. The predicted octanol–water partition coefficient (Wildman–Crippen LogP) is 4.98. The quantitative estimate of drug-likeness (QED) is 0.728. The smallest absolute Gasteiger partial charge is 0.128 e. The van der Waals surface area contributed by atoms with Gasteiger partial charge in [0.2, 0.25) is 0 Å². The van der Waals surface area contributed by atoms with Gasteiger partial charge in [-0.05, 0) is 68.6 Å². The molecule has 0 saturated carbocycles. The topological polar surface area (TPSA) is 38.0 Å². The van der Waals surface area contributed by atoms with E-state index in [2.05, 4.69) is 37.2 Å². The summed E-state index contributed by atoms with van der Waals surface area (Å²) in [5.74, 6) is -0.302. The lowest BCUT2D eigenvalue weighted by atomic mass is 10.1. The van der Waals surface area contributed by atoms with Crippen molar-refractivity contribution < 1.29 is 4.39 Å². The summed E-state index contributed by atoms with van der Waals surface area (Å²) in [4.78, 5) is 0. The molecule has 0 saturated heterocycles. The molecule has 2 nitrogen and oxygen atoms in total. The Morgan fingerprint density at radius 1 is 1.17 bits per heavy atom. The standard InChI is InChI=1S/C13H11Br2FN2/c1-7-5-12(11(17)6-10(7)16)18-13-8(14)3-2-4-9(13)15/h2-6,18H,17H2,1H3. The molecule has 2 aromatic carbocycles. The first-order valence-corrected chi connectivity index (χ1v) is 6.84. The zero-order chi connectivity index (χ0) is 13.3. The normalized spacial score (nSPS) is 10.4. The van der Waals surface area contributed by atoms with Crippen molar-refractivity contribution in [2.75, 3.05) is 11.1 Å². The van der Waals surface area contributed by atoms with E-state index in [0.717, 1.165) is 14.6 Å². The van der Waals surface area contributed by atoms with Crippen LogP contribution < -0.4 is 11.1 Å². The van der Waals surface area contributed by atoms with Crippen LogP contribution in [0.15, 0.2) is 39.3 Å². The van der Waals surface area contributed by atoms with Crippen molar-refractivity contribution in [3.63, 3.8) is 0 Å². The third-order valence-electron chi connectivity index (χ3n) is 2.55. The molecule has 0 atom stereocenters. The highest BCUT2D eigenvalue weighted by Gasteiger charge is 2.09. The molecular weight excluding hydrogens is 363 g/mol. The molecule has 2 rings (SSSR count). The second-order valence-corrected chi connectivity index (χ2v) is 5.62. The molecule has 2 aromatic rings. The van der Waals surface area contributed by atoms with E-state index in [1.165, 1.54) is 6.07 Å². The van der Waals surface area contributed by atoms with Crippen molar-refractivity contribution >= 4 is 48.9 Å². The Hall–Kier alpha value is -1.07. The average molecular weight is 374 g/mol. The first kappa shape index (κ1) is 13.4. The van der Waals surface area contributed by atoms with Gasteiger partial charge < -0.3 is 11.1 Å². The second kappa shape index (κ2) is 5.28. The van der Waals surface area contributed by atoms with Gasteiger partial charge in [-0.3, -0.25) is 0 Å². The third-order valence-corrected chi connectivity index (χ3v) is 3.87. The Labute approximate surface area is 122 Å². The van der Waals surface area contributed by atoms with Crippen LogP contribution in [0, 0.1) is 12.7 Å². The van der Waals surface area contributed by atoms with E-state index >= 15 is 0 Å². The lowest BCUT2D eigenvalue weighted by molar-refractivity contribution is 0.619. The van der Waals surface area contributed by atoms with Crippen molar-refractivity contribution in [3.05, 3.63) is 50.7 Å². The average Bonchev–Trinajstić information content (AvgIpc) is 2.30. The van der Waals surface area contributed by atoms with E-state index in [1.807, 2.05) is 18.2 Å². The Kier molecular flexibility index (Phi) is 3.92. The molecule has 5 heteroatoms. The van der Waals surface area contributed by atoms with Crippen LogP contribution in [0.1, 0.15) is 5.56 Å². The summed E-state index contributed by atoms with van der Waals surface area (Å²) >= 11 is 6.91. The number of benzene rings is 2. The number of rotatable bonds is 2. The predicted molar refractivity (Wildman–Crippen MR) is 80.7 cm³/mol. The molecule has 0 amide bonds. The van der Waals surface area contributed by atoms with Crippen molar-refractivity contribution in [2.24, 2.45) is 0 Å². The van der Waals surface area contributed by atoms with Gasteiger partial charge in [0, 0.05) is 8.95 Å². The maximum absolute atomic E-state index is 13.3. The monoisotopic (exact) mass is 372 g/mol. The van der Waals surface area contributed by atoms with E-state index < -0.39 is 0 Å². The number of hydrogen-bond acceptors (Lipinski definition) is 2. The van der Waals surface area contributed by atoms with Crippen LogP contribution in [0.2, 0.25) is 0 Å². The van der Waals surface area contributed by atoms with Crippen molar-refractivity contribution in [2.45, 2.75) is 6.92 Å². The highest BCUT2D eigenvalue weighted by atomic mass is 79.9. The van der Waals surface area contributed by atoms with Crippen LogP contribution in [0.4, 0.5) is 21.5 Å². The van der Waals surface area contributed by atoms with Crippen molar-refractivity contribution in [1.82, 2.24) is 0 Å². The van der Waals surface area contributed by atoms with Gasteiger partial charge in [0.25, 0.3) is 0 Å². The Bertz CT molecular complexity index is 580. The van der Waals surface area contributed by atoms with Crippen LogP contribution in [0.25, 0.3) is 0 Å². The van der Waals surface area contributed by atoms with E-state index in [9.17, 15) is 4.39 Å². The number of para-hydroxylation sites is 1. The van der Waals surface area contributed by atoms with Crippen LogP contribution in [-0.2, 0) is 0 Å². The van der Waals surface area contributed by atoms with Crippen LogP contribution in [0.5, 0.6) is 0 Å². The molecule has 0 aliphatic heterocycles. The summed E-state index contributed by atoms with van der Waals surface area (Å²) in [6, 6.07) is 8.76. The molecule has 0 fully saturated rings. The number of nitrogens with one attached hydrogen (secondary N) is 1. The van der Waals surface area contributed by atoms with Gasteiger partial charge in [0.1, 0.15) is 5.82 Å². The summed E-state index contributed by atoms with van der Waals surface area (Å²) < 4.78 is 15.1. The van der Waals surface area contributed by atoms with Gasteiger partial charge in [0.15, 0.2) is 0 Å². The minimum absolute atomic E-state index is 0.302. The fourth-order valence-corrected chi connectivity index (χ4v) is 2.75. The molecule has 0 aromatic heterocycles. The molecule has 0 aliphatic rings.